The number of H-pyrrole nitrogens is 1. The Morgan fingerprint density at radius 2 is 2.00 bits per heavy atom. The van der Waals surface area contributed by atoms with E-state index in [0.717, 1.165) is 37.9 Å². The number of nitrogens with zero attached hydrogens (tertiary/aromatic N) is 1. The van der Waals surface area contributed by atoms with Crippen LogP contribution in [0.15, 0.2) is 30.5 Å². The monoisotopic (exact) mass is 284 g/mol. The summed E-state index contributed by atoms with van der Waals surface area (Å²) in [6.45, 7) is 1.56. The molecular weight excluding hydrogens is 264 g/mol. The Bertz CT molecular complexity index is 652. The fourth-order valence-electron chi connectivity index (χ4n) is 3.56. The molecule has 2 saturated heterocycles. The van der Waals surface area contributed by atoms with Crippen molar-refractivity contribution in [1.82, 2.24) is 9.88 Å². The highest BCUT2D eigenvalue weighted by Gasteiger charge is 2.35. The summed E-state index contributed by atoms with van der Waals surface area (Å²) >= 11 is 0. The zero-order valence-electron chi connectivity index (χ0n) is 12.0. The number of para-hydroxylation sites is 1. The number of amides is 1. The van der Waals surface area contributed by atoms with Gasteiger partial charge in [-0.25, -0.2) is 0 Å². The molecule has 4 nitrogen and oxygen atoms in total. The molecule has 2 atom stereocenters. The second-order valence-corrected chi connectivity index (χ2v) is 6.12. The van der Waals surface area contributed by atoms with E-state index in [9.17, 15) is 4.79 Å². The Kier molecular flexibility index (Phi) is 3.19. The van der Waals surface area contributed by atoms with Gasteiger partial charge in [0, 0.05) is 36.6 Å². The molecule has 0 radical (unpaired) electrons. The molecule has 110 valence electrons. The summed E-state index contributed by atoms with van der Waals surface area (Å²) in [5.74, 6) is 0.264. The van der Waals surface area contributed by atoms with Crippen LogP contribution in [0, 0.1) is 0 Å². The van der Waals surface area contributed by atoms with Gasteiger partial charge in [-0.3, -0.25) is 4.79 Å². The number of rotatable bonds is 3. The third-order valence-electron chi connectivity index (χ3n) is 4.68. The zero-order valence-corrected chi connectivity index (χ0v) is 12.0. The SMILES string of the molecule is O=C(CCc1c[nH]c2ccccc12)N1CC2CCC(C1)O2. The first-order chi connectivity index (χ1) is 10.3. The number of aryl methyl sites for hydroxylation is 1. The molecule has 2 unspecified atom stereocenters. The molecule has 1 amide bonds. The number of morpholine rings is 1. The van der Waals surface area contributed by atoms with Crippen molar-refractivity contribution in [2.45, 2.75) is 37.9 Å². The smallest absolute Gasteiger partial charge is 0.223 e. The highest BCUT2D eigenvalue weighted by atomic mass is 16.5. The van der Waals surface area contributed by atoms with Crippen LogP contribution in [0.4, 0.5) is 0 Å². The molecule has 2 aromatic rings. The van der Waals surface area contributed by atoms with Gasteiger partial charge in [0.05, 0.1) is 12.2 Å². The summed E-state index contributed by atoms with van der Waals surface area (Å²) in [5.41, 5.74) is 2.37. The van der Waals surface area contributed by atoms with E-state index in [1.165, 1.54) is 10.9 Å². The van der Waals surface area contributed by atoms with Gasteiger partial charge in [-0.05, 0) is 30.9 Å². The molecule has 3 heterocycles. The topological polar surface area (TPSA) is 45.3 Å². The Labute approximate surface area is 124 Å². The van der Waals surface area contributed by atoms with E-state index >= 15 is 0 Å². The first kappa shape index (κ1) is 12.9. The summed E-state index contributed by atoms with van der Waals surface area (Å²) < 4.78 is 5.79. The van der Waals surface area contributed by atoms with Crippen LogP contribution in [0.2, 0.25) is 0 Å². The van der Waals surface area contributed by atoms with Crippen LogP contribution in [-0.2, 0) is 16.0 Å². The number of benzene rings is 1. The number of aromatic nitrogens is 1. The molecule has 2 aliphatic rings. The second-order valence-electron chi connectivity index (χ2n) is 6.12. The summed E-state index contributed by atoms with van der Waals surface area (Å²) in [6, 6.07) is 8.25. The minimum atomic E-state index is 0.264. The van der Waals surface area contributed by atoms with Gasteiger partial charge in [0.1, 0.15) is 0 Å². The van der Waals surface area contributed by atoms with Crippen LogP contribution in [-0.4, -0.2) is 41.1 Å². The molecule has 0 aliphatic carbocycles. The number of ether oxygens (including phenoxy) is 1. The maximum atomic E-state index is 12.4. The lowest BCUT2D eigenvalue weighted by Gasteiger charge is -2.32. The van der Waals surface area contributed by atoms with E-state index in [1.54, 1.807) is 0 Å². The van der Waals surface area contributed by atoms with Gasteiger partial charge in [0.2, 0.25) is 5.91 Å². The normalized spacial score (nSPS) is 24.7. The lowest BCUT2D eigenvalue weighted by molar-refractivity contribution is -0.139. The van der Waals surface area contributed by atoms with Crippen LogP contribution in [0.5, 0.6) is 0 Å². The molecule has 4 heteroatoms. The predicted octanol–water partition coefficient (Wildman–Crippen LogP) is 2.49. The van der Waals surface area contributed by atoms with E-state index in [2.05, 4.69) is 17.1 Å². The molecule has 21 heavy (non-hydrogen) atoms. The molecule has 4 rings (SSSR count). The molecule has 1 aromatic heterocycles. The number of fused-ring (bicyclic) bond motifs is 3. The van der Waals surface area contributed by atoms with Crippen molar-refractivity contribution in [3.05, 3.63) is 36.0 Å². The van der Waals surface area contributed by atoms with Crippen LogP contribution in [0.1, 0.15) is 24.8 Å². The first-order valence-corrected chi connectivity index (χ1v) is 7.78. The van der Waals surface area contributed by atoms with Crippen LogP contribution in [0.25, 0.3) is 10.9 Å². The molecule has 0 spiro atoms. The highest BCUT2D eigenvalue weighted by molar-refractivity contribution is 5.84. The minimum absolute atomic E-state index is 0.264. The van der Waals surface area contributed by atoms with Gasteiger partial charge in [0.15, 0.2) is 0 Å². The van der Waals surface area contributed by atoms with Gasteiger partial charge >= 0.3 is 0 Å². The fraction of sp³-hybridized carbons (Fsp3) is 0.471. The van der Waals surface area contributed by atoms with Crippen molar-refractivity contribution in [2.75, 3.05) is 13.1 Å². The standard InChI is InChI=1S/C17H20N2O2/c20-17(19-10-13-6-7-14(11-19)21-13)8-5-12-9-18-16-4-2-1-3-15(12)16/h1-4,9,13-14,18H,5-8,10-11H2. The third-order valence-corrected chi connectivity index (χ3v) is 4.68. The summed E-state index contributed by atoms with van der Waals surface area (Å²) in [7, 11) is 0. The number of carbonyl (C=O) groups is 1. The van der Waals surface area contributed by atoms with Gasteiger partial charge in [-0.1, -0.05) is 18.2 Å². The van der Waals surface area contributed by atoms with Crippen molar-refractivity contribution in [3.8, 4) is 0 Å². The van der Waals surface area contributed by atoms with Gasteiger partial charge < -0.3 is 14.6 Å². The first-order valence-electron chi connectivity index (χ1n) is 7.78. The molecule has 2 bridgehead atoms. The summed E-state index contributed by atoms with van der Waals surface area (Å²) in [5, 5.41) is 1.23. The Morgan fingerprint density at radius 1 is 1.24 bits per heavy atom. The lowest BCUT2D eigenvalue weighted by atomic mass is 10.1. The van der Waals surface area contributed by atoms with Crippen molar-refractivity contribution in [2.24, 2.45) is 0 Å². The van der Waals surface area contributed by atoms with Crippen LogP contribution in [0.3, 0.4) is 0 Å². The van der Waals surface area contributed by atoms with Crippen molar-refractivity contribution < 1.29 is 9.53 Å². The molecular formula is C17H20N2O2. The summed E-state index contributed by atoms with van der Waals surface area (Å²) in [4.78, 5) is 17.7. The molecule has 0 saturated carbocycles. The molecule has 2 fully saturated rings. The van der Waals surface area contributed by atoms with Crippen LogP contribution >= 0.6 is 0 Å². The third kappa shape index (κ3) is 2.44. The second kappa shape index (κ2) is 5.19. The zero-order chi connectivity index (χ0) is 14.2. The van der Waals surface area contributed by atoms with E-state index in [0.29, 0.717) is 6.42 Å². The maximum absolute atomic E-state index is 12.4. The van der Waals surface area contributed by atoms with E-state index in [1.807, 2.05) is 23.2 Å². The van der Waals surface area contributed by atoms with E-state index < -0.39 is 0 Å². The Hall–Kier alpha value is -1.81. The number of hydrogen-bond acceptors (Lipinski definition) is 2. The average molecular weight is 284 g/mol. The number of aromatic amines is 1. The van der Waals surface area contributed by atoms with E-state index in [-0.39, 0.29) is 18.1 Å². The summed E-state index contributed by atoms with van der Waals surface area (Å²) in [6.07, 6.45) is 6.19. The average Bonchev–Trinajstić information content (AvgIpc) is 3.08. The van der Waals surface area contributed by atoms with Crippen LogP contribution < -0.4 is 0 Å². The van der Waals surface area contributed by atoms with Gasteiger partial charge in [-0.2, -0.15) is 0 Å². The van der Waals surface area contributed by atoms with Gasteiger partial charge in [-0.15, -0.1) is 0 Å². The largest absolute Gasteiger partial charge is 0.371 e. The number of nitrogens with one attached hydrogen (secondary N) is 1. The lowest BCUT2D eigenvalue weighted by Crippen LogP contribution is -2.45. The van der Waals surface area contributed by atoms with Crippen molar-refractivity contribution >= 4 is 16.8 Å². The van der Waals surface area contributed by atoms with Gasteiger partial charge in [0.25, 0.3) is 0 Å². The number of carbonyl (C=O) groups excluding carboxylic acids is 1. The highest BCUT2D eigenvalue weighted by Crippen LogP contribution is 2.27. The number of likely N-dealkylation sites (tertiary alicyclic amines) is 1. The molecule has 1 N–H and O–H groups in total. The quantitative estimate of drug-likeness (QED) is 0.941. The minimum Gasteiger partial charge on any atom is -0.371 e. The Balaban J connectivity index is 1.41. The maximum Gasteiger partial charge on any atom is 0.223 e. The molecule has 1 aromatic carbocycles. The Morgan fingerprint density at radius 3 is 2.81 bits per heavy atom. The van der Waals surface area contributed by atoms with Crippen molar-refractivity contribution in [3.63, 3.8) is 0 Å². The van der Waals surface area contributed by atoms with Crippen molar-refractivity contribution in [1.29, 1.82) is 0 Å². The van der Waals surface area contributed by atoms with E-state index in [4.69, 9.17) is 4.74 Å². The molecule has 2 aliphatic heterocycles. The fourth-order valence-corrected chi connectivity index (χ4v) is 3.56. The predicted molar refractivity (Wildman–Crippen MR) is 81.1 cm³/mol. The number of hydrogen-bond donors (Lipinski definition) is 1.